The highest BCUT2D eigenvalue weighted by Crippen LogP contribution is 2.30. The molecule has 100 valence electrons. The minimum absolute atomic E-state index is 0.336. The van der Waals surface area contributed by atoms with E-state index in [4.69, 9.17) is 27.9 Å². The lowest BCUT2D eigenvalue weighted by Gasteiger charge is -2.27. The molecule has 1 saturated heterocycles. The van der Waals surface area contributed by atoms with E-state index in [2.05, 4.69) is 11.4 Å². The highest BCUT2D eigenvalue weighted by molar-refractivity contribution is 6.42. The van der Waals surface area contributed by atoms with Crippen LogP contribution in [0.25, 0.3) is 0 Å². The molecule has 0 aromatic heterocycles. The minimum Gasteiger partial charge on any atom is -0.381 e. The van der Waals surface area contributed by atoms with Crippen molar-refractivity contribution in [2.45, 2.75) is 25.3 Å². The molecule has 1 aliphatic rings. The van der Waals surface area contributed by atoms with Crippen molar-refractivity contribution in [2.24, 2.45) is 5.92 Å². The first kappa shape index (κ1) is 14.1. The number of hydrogen-bond acceptors (Lipinski definition) is 2. The quantitative estimate of drug-likeness (QED) is 0.901. The first-order valence-corrected chi connectivity index (χ1v) is 7.16. The van der Waals surface area contributed by atoms with E-state index in [0.29, 0.717) is 16.1 Å². The number of rotatable bonds is 4. The Morgan fingerprint density at radius 3 is 2.61 bits per heavy atom. The molecule has 0 saturated carbocycles. The standard InChI is InChI=1S/C14H19Cl2NO/c1-17-14(8-10-4-6-18-7-5-10)11-2-3-12(15)13(16)9-11/h2-3,9-10,14,17H,4-8H2,1H3. The smallest absolute Gasteiger partial charge is 0.0595 e. The molecule has 18 heavy (non-hydrogen) atoms. The minimum atomic E-state index is 0.336. The number of nitrogens with one attached hydrogen (secondary N) is 1. The van der Waals surface area contributed by atoms with Crippen molar-refractivity contribution in [1.29, 1.82) is 0 Å². The van der Waals surface area contributed by atoms with Crippen molar-refractivity contribution in [2.75, 3.05) is 20.3 Å². The molecule has 0 bridgehead atoms. The lowest BCUT2D eigenvalue weighted by molar-refractivity contribution is 0.0608. The monoisotopic (exact) mass is 287 g/mol. The molecule has 0 radical (unpaired) electrons. The highest BCUT2D eigenvalue weighted by Gasteiger charge is 2.19. The Balaban J connectivity index is 2.04. The number of hydrogen-bond donors (Lipinski definition) is 1. The van der Waals surface area contributed by atoms with Gasteiger partial charge in [0.1, 0.15) is 0 Å². The molecule has 2 rings (SSSR count). The van der Waals surface area contributed by atoms with Gasteiger partial charge in [-0.05, 0) is 49.9 Å². The maximum Gasteiger partial charge on any atom is 0.0595 e. The molecule has 2 nitrogen and oxygen atoms in total. The van der Waals surface area contributed by atoms with Gasteiger partial charge in [-0.1, -0.05) is 29.3 Å². The normalized spacial score (nSPS) is 18.8. The fourth-order valence-electron chi connectivity index (χ4n) is 2.47. The highest BCUT2D eigenvalue weighted by atomic mass is 35.5. The predicted molar refractivity (Wildman–Crippen MR) is 76.4 cm³/mol. The summed E-state index contributed by atoms with van der Waals surface area (Å²) in [4.78, 5) is 0. The first-order valence-electron chi connectivity index (χ1n) is 6.40. The summed E-state index contributed by atoms with van der Waals surface area (Å²) in [5, 5.41) is 4.61. The van der Waals surface area contributed by atoms with Crippen LogP contribution in [-0.2, 0) is 4.74 Å². The Morgan fingerprint density at radius 2 is 2.00 bits per heavy atom. The summed E-state index contributed by atoms with van der Waals surface area (Å²) >= 11 is 12.0. The van der Waals surface area contributed by atoms with Gasteiger partial charge in [-0.3, -0.25) is 0 Å². The molecule has 1 aliphatic heterocycles. The van der Waals surface area contributed by atoms with E-state index in [1.54, 1.807) is 0 Å². The van der Waals surface area contributed by atoms with E-state index in [1.807, 2.05) is 19.2 Å². The average molecular weight is 288 g/mol. The van der Waals surface area contributed by atoms with Gasteiger partial charge in [0.05, 0.1) is 10.0 Å². The lowest BCUT2D eigenvalue weighted by Crippen LogP contribution is -2.23. The lowest BCUT2D eigenvalue weighted by atomic mass is 9.89. The van der Waals surface area contributed by atoms with Crippen LogP contribution < -0.4 is 5.32 Å². The van der Waals surface area contributed by atoms with E-state index in [0.717, 1.165) is 38.4 Å². The van der Waals surface area contributed by atoms with Crippen LogP contribution in [0.2, 0.25) is 10.0 Å². The van der Waals surface area contributed by atoms with Crippen LogP contribution in [0.5, 0.6) is 0 Å². The van der Waals surface area contributed by atoms with Gasteiger partial charge in [0.25, 0.3) is 0 Å². The Labute approximate surface area is 119 Å². The van der Waals surface area contributed by atoms with E-state index >= 15 is 0 Å². The van der Waals surface area contributed by atoms with E-state index in [9.17, 15) is 0 Å². The van der Waals surface area contributed by atoms with Gasteiger partial charge in [-0.15, -0.1) is 0 Å². The molecule has 1 unspecified atom stereocenters. The van der Waals surface area contributed by atoms with Crippen LogP contribution in [-0.4, -0.2) is 20.3 Å². The summed E-state index contributed by atoms with van der Waals surface area (Å²) in [6, 6.07) is 6.22. The average Bonchev–Trinajstić information content (AvgIpc) is 2.40. The Bertz CT molecular complexity index is 391. The summed E-state index contributed by atoms with van der Waals surface area (Å²) in [7, 11) is 1.99. The third-order valence-electron chi connectivity index (χ3n) is 3.60. The van der Waals surface area contributed by atoms with Crippen molar-refractivity contribution in [3.8, 4) is 0 Å². The van der Waals surface area contributed by atoms with Crippen molar-refractivity contribution >= 4 is 23.2 Å². The zero-order chi connectivity index (χ0) is 13.0. The van der Waals surface area contributed by atoms with Gasteiger partial charge in [0.2, 0.25) is 0 Å². The second kappa shape index (κ2) is 6.76. The topological polar surface area (TPSA) is 21.3 Å². The van der Waals surface area contributed by atoms with Gasteiger partial charge in [0.15, 0.2) is 0 Å². The summed E-state index contributed by atoms with van der Waals surface area (Å²) in [5.74, 6) is 0.727. The zero-order valence-corrected chi connectivity index (χ0v) is 12.1. The molecule has 1 atom stereocenters. The van der Waals surface area contributed by atoms with E-state index in [-0.39, 0.29) is 0 Å². The Morgan fingerprint density at radius 1 is 1.28 bits per heavy atom. The zero-order valence-electron chi connectivity index (χ0n) is 10.6. The van der Waals surface area contributed by atoms with Crippen LogP contribution >= 0.6 is 23.2 Å². The summed E-state index contributed by atoms with van der Waals surface area (Å²) < 4.78 is 5.40. The fourth-order valence-corrected chi connectivity index (χ4v) is 2.77. The van der Waals surface area contributed by atoms with Crippen LogP contribution in [0.1, 0.15) is 30.9 Å². The van der Waals surface area contributed by atoms with Gasteiger partial charge < -0.3 is 10.1 Å². The molecule has 4 heteroatoms. The second-order valence-electron chi connectivity index (χ2n) is 4.81. The van der Waals surface area contributed by atoms with Crippen LogP contribution in [0.3, 0.4) is 0 Å². The molecular formula is C14H19Cl2NO. The Hall–Kier alpha value is -0.280. The molecule has 1 aromatic carbocycles. The predicted octanol–water partition coefficient (Wildman–Crippen LogP) is 4.07. The molecule has 1 heterocycles. The fraction of sp³-hybridized carbons (Fsp3) is 0.571. The van der Waals surface area contributed by atoms with Gasteiger partial charge in [-0.25, -0.2) is 0 Å². The van der Waals surface area contributed by atoms with Crippen molar-refractivity contribution in [1.82, 2.24) is 5.32 Å². The summed E-state index contributed by atoms with van der Waals surface area (Å²) in [6.07, 6.45) is 3.43. The third-order valence-corrected chi connectivity index (χ3v) is 4.34. The largest absolute Gasteiger partial charge is 0.381 e. The Kier molecular flexibility index (Phi) is 5.31. The van der Waals surface area contributed by atoms with Crippen LogP contribution in [0.4, 0.5) is 0 Å². The molecule has 0 aliphatic carbocycles. The summed E-state index contributed by atoms with van der Waals surface area (Å²) in [5.41, 5.74) is 1.21. The molecular weight excluding hydrogens is 269 g/mol. The van der Waals surface area contributed by atoms with Crippen molar-refractivity contribution in [3.05, 3.63) is 33.8 Å². The van der Waals surface area contributed by atoms with Crippen molar-refractivity contribution in [3.63, 3.8) is 0 Å². The second-order valence-corrected chi connectivity index (χ2v) is 5.62. The molecule has 0 amide bonds. The number of benzene rings is 1. The van der Waals surface area contributed by atoms with Crippen LogP contribution in [0, 0.1) is 5.92 Å². The third kappa shape index (κ3) is 3.61. The molecule has 1 N–H and O–H groups in total. The van der Waals surface area contributed by atoms with E-state index < -0.39 is 0 Å². The van der Waals surface area contributed by atoms with Gasteiger partial charge in [0, 0.05) is 19.3 Å². The number of ether oxygens (including phenoxy) is 1. The SMILES string of the molecule is CNC(CC1CCOCC1)c1ccc(Cl)c(Cl)c1. The van der Waals surface area contributed by atoms with E-state index in [1.165, 1.54) is 5.56 Å². The van der Waals surface area contributed by atoms with Crippen molar-refractivity contribution < 1.29 is 4.74 Å². The molecule has 0 spiro atoms. The first-order chi connectivity index (χ1) is 8.70. The van der Waals surface area contributed by atoms with Gasteiger partial charge >= 0.3 is 0 Å². The molecule has 1 fully saturated rings. The number of halogens is 2. The van der Waals surface area contributed by atoms with Crippen LogP contribution in [0.15, 0.2) is 18.2 Å². The molecule has 1 aromatic rings. The maximum absolute atomic E-state index is 6.08. The summed E-state index contributed by atoms with van der Waals surface area (Å²) in [6.45, 7) is 1.78. The van der Waals surface area contributed by atoms with Gasteiger partial charge in [-0.2, -0.15) is 0 Å². The maximum atomic E-state index is 6.08.